The van der Waals surface area contributed by atoms with Gasteiger partial charge in [0, 0.05) is 5.69 Å². The molecule has 0 bridgehead atoms. The number of aryl methyl sites for hydroxylation is 2. The molecule has 20 heavy (non-hydrogen) atoms. The first kappa shape index (κ1) is 13.6. The fraction of sp³-hybridized carbons (Fsp3) is 0.588. The number of hydrogen-bond acceptors (Lipinski definition) is 2. The maximum Gasteiger partial charge on any atom is 0.250 e. The molecule has 3 rings (SSSR count). The number of carbonyl (C=O) groups is 1. The van der Waals surface area contributed by atoms with Gasteiger partial charge in [-0.25, -0.2) is 0 Å². The Balaban J connectivity index is 1.48. The SMILES string of the molecule is O=C(COC1CCCCC1)Nc1ccc2c(c1)CCC2. The van der Waals surface area contributed by atoms with Crippen LogP contribution < -0.4 is 5.32 Å². The molecule has 2 aliphatic carbocycles. The summed E-state index contributed by atoms with van der Waals surface area (Å²) in [5, 5.41) is 2.95. The molecule has 0 unspecified atom stereocenters. The summed E-state index contributed by atoms with van der Waals surface area (Å²) in [6.45, 7) is 0.182. The molecule has 1 fully saturated rings. The number of fused-ring (bicyclic) bond motifs is 1. The molecule has 2 aliphatic rings. The second kappa shape index (κ2) is 6.40. The zero-order valence-corrected chi connectivity index (χ0v) is 12.0. The van der Waals surface area contributed by atoms with Crippen LogP contribution in [-0.2, 0) is 22.4 Å². The molecule has 1 aromatic rings. The highest BCUT2D eigenvalue weighted by Gasteiger charge is 2.16. The quantitative estimate of drug-likeness (QED) is 0.912. The van der Waals surface area contributed by atoms with E-state index in [1.54, 1.807) is 0 Å². The van der Waals surface area contributed by atoms with Gasteiger partial charge in [-0.15, -0.1) is 0 Å². The average Bonchev–Trinajstić information content (AvgIpc) is 2.94. The summed E-state index contributed by atoms with van der Waals surface area (Å²) in [5.74, 6) is -0.0338. The number of carbonyl (C=O) groups excluding carboxylic acids is 1. The summed E-state index contributed by atoms with van der Waals surface area (Å²) in [5.41, 5.74) is 3.72. The van der Waals surface area contributed by atoms with E-state index in [1.165, 1.54) is 43.2 Å². The topological polar surface area (TPSA) is 38.3 Å². The monoisotopic (exact) mass is 273 g/mol. The van der Waals surface area contributed by atoms with Gasteiger partial charge in [0.1, 0.15) is 6.61 Å². The highest BCUT2D eigenvalue weighted by Crippen LogP contribution is 2.25. The van der Waals surface area contributed by atoms with Crippen LogP contribution in [-0.4, -0.2) is 18.6 Å². The Morgan fingerprint density at radius 2 is 1.90 bits per heavy atom. The van der Waals surface area contributed by atoms with Crippen LogP contribution in [0.1, 0.15) is 49.7 Å². The van der Waals surface area contributed by atoms with Crippen LogP contribution in [0.4, 0.5) is 5.69 Å². The van der Waals surface area contributed by atoms with Gasteiger partial charge in [0.15, 0.2) is 0 Å². The average molecular weight is 273 g/mol. The van der Waals surface area contributed by atoms with Crippen LogP contribution in [0, 0.1) is 0 Å². The fourth-order valence-electron chi connectivity index (χ4n) is 3.27. The normalized spacial score (nSPS) is 18.8. The van der Waals surface area contributed by atoms with Gasteiger partial charge in [-0.2, -0.15) is 0 Å². The van der Waals surface area contributed by atoms with Gasteiger partial charge in [0.25, 0.3) is 0 Å². The fourth-order valence-corrected chi connectivity index (χ4v) is 3.27. The number of nitrogens with one attached hydrogen (secondary N) is 1. The molecule has 1 aromatic carbocycles. The lowest BCUT2D eigenvalue weighted by Gasteiger charge is -2.21. The van der Waals surface area contributed by atoms with E-state index >= 15 is 0 Å². The summed E-state index contributed by atoms with van der Waals surface area (Å²) in [7, 11) is 0. The molecule has 3 heteroatoms. The summed E-state index contributed by atoms with van der Waals surface area (Å²) in [6.07, 6.45) is 9.81. The predicted octanol–water partition coefficient (Wildman–Crippen LogP) is 3.46. The minimum Gasteiger partial charge on any atom is -0.368 e. The molecule has 0 heterocycles. The van der Waals surface area contributed by atoms with E-state index in [0.29, 0.717) is 0 Å². The summed E-state index contributed by atoms with van der Waals surface area (Å²) >= 11 is 0. The second-order valence-electron chi connectivity index (χ2n) is 5.96. The number of anilines is 1. The second-order valence-corrected chi connectivity index (χ2v) is 5.96. The zero-order chi connectivity index (χ0) is 13.8. The van der Waals surface area contributed by atoms with Crippen molar-refractivity contribution < 1.29 is 9.53 Å². The third-order valence-corrected chi connectivity index (χ3v) is 4.38. The van der Waals surface area contributed by atoms with Crippen LogP contribution >= 0.6 is 0 Å². The first-order valence-electron chi connectivity index (χ1n) is 7.84. The third-order valence-electron chi connectivity index (χ3n) is 4.38. The van der Waals surface area contributed by atoms with Crippen molar-refractivity contribution in [3.05, 3.63) is 29.3 Å². The Kier molecular flexibility index (Phi) is 4.36. The van der Waals surface area contributed by atoms with Crippen molar-refractivity contribution >= 4 is 11.6 Å². The highest BCUT2D eigenvalue weighted by molar-refractivity contribution is 5.91. The Morgan fingerprint density at radius 1 is 1.10 bits per heavy atom. The molecule has 0 aromatic heterocycles. The summed E-state index contributed by atoms with van der Waals surface area (Å²) < 4.78 is 5.70. The standard InChI is InChI=1S/C17H23NO2/c19-17(12-20-16-7-2-1-3-8-16)18-15-10-9-13-5-4-6-14(13)11-15/h9-11,16H,1-8,12H2,(H,18,19). The van der Waals surface area contributed by atoms with Crippen LogP contribution in [0.2, 0.25) is 0 Å². The van der Waals surface area contributed by atoms with E-state index in [0.717, 1.165) is 24.9 Å². The highest BCUT2D eigenvalue weighted by atomic mass is 16.5. The maximum absolute atomic E-state index is 11.9. The van der Waals surface area contributed by atoms with E-state index < -0.39 is 0 Å². The molecule has 1 amide bonds. The first-order valence-corrected chi connectivity index (χ1v) is 7.84. The molecule has 1 saturated carbocycles. The molecule has 108 valence electrons. The van der Waals surface area contributed by atoms with Crippen molar-refractivity contribution in [2.75, 3.05) is 11.9 Å². The Bertz CT molecular complexity index is 478. The lowest BCUT2D eigenvalue weighted by Crippen LogP contribution is -2.24. The van der Waals surface area contributed by atoms with E-state index in [1.807, 2.05) is 6.07 Å². The van der Waals surface area contributed by atoms with E-state index in [2.05, 4.69) is 17.4 Å². The number of hydrogen-bond donors (Lipinski definition) is 1. The van der Waals surface area contributed by atoms with Crippen LogP contribution in [0.3, 0.4) is 0 Å². The minimum absolute atomic E-state index is 0.0338. The number of benzene rings is 1. The third kappa shape index (κ3) is 3.40. The van der Waals surface area contributed by atoms with Crippen LogP contribution in [0.25, 0.3) is 0 Å². The lowest BCUT2D eigenvalue weighted by atomic mass is 9.98. The summed E-state index contributed by atoms with van der Waals surface area (Å²) in [4.78, 5) is 11.9. The Hall–Kier alpha value is -1.35. The number of rotatable bonds is 4. The van der Waals surface area contributed by atoms with Crippen molar-refractivity contribution in [2.24, 2.45) is 0 Å². The largest absolute Gasteiger partial charge is 0.368 e. The number of amides is 1. The first-order chi connectivity index (χ1) is 9.81. The van der Waals surface area contributed by atoms with Gasteiger partial charge >= 0.3 is 0 Å². The zero-order valence-electron chi connectivity index (χ0n) is 12.0. The van der Waals surface area contributed by atoms with Gasteiger partial charge in [-0.1, -0.05) is 25.3 Å². The lowest BCUT2D eigenvalue weighted by molar-refractivity contribution is -0.123. The smallest absolute Gasteiger partial charge is 0.250 e. The Labute approximate surface area is 120 Å². The molecule has 3 nitrogen and oxygen atoms in total. The van der Waals surface area contributed by atoms with Crippen molar-refractivity contribution in [1.82, 2.24) is 0 Å². The molecule has 1 N–H and O–H groups in total. The van der Waals surface area contributed by atoms with Gasteiger partial charge < -0.3 is 10.1 Å². The molecule has 0 atom stereocenters. The molecule has 0 spiro atoms. The number of ether oxygens (including phenoxy) is 1. The van der Waals surface area contributed by atoms with E-state index in [-0.39, 0.29) is 18.6 Å². The molecule has 0 saturated heterocycles. The van der Waals surface area contributed by atoms with Gasteiger partial charge in [-0.3, -0.25) is 4.79 Å². The van der Waals surface area contributed by atoms with Crippen LogP contribution in [0.15, 0.2) is 18.2 Å². The van der Waals surface area contributed by atoms with Crippen molar-refractivity contribution in [3.63, 3.8) is 0 Å². The Morgan fingerprint density at radius 3 is 2.75 bits per heavy atom. The van der Waals surface area contributed by atoms with Crippen molar-refractivity contribution in [1.29, 1.82) is 0 Å². The summed E-state index contributed by atoms with van der Waals surface area (Å²) in [6, 6.07) is 6.25. The molecule has 0 aliphatic heterocycles. The molecular weight excluding hydrogens is 250 g/mol. The van der Waals surface area contributed by atoms with E-state index in [9.17, 15) is 4.79 Å². The van der Waals surface area contributed by atoms with Gasteiger partial charge in [0.05, 0.1) is 6.10 Å². The van der Waals surface area contributed by atoms with Crippen molar-refractivity contribution in [2.45, 2.75) is 57.5 Å². The molecular formula is C17H23NO2. The van der Waals surface area contributed by atoms with Crippen LogP contribution in [0.5, 0.6) is 0 Å². The van der Waals surface area contributed by atoms with Gasteiger partial charge in [-0.05, 0) is 55.4 Å². The maximum atomic E-state index is 11.9. The van der Waals surface area contributed by atoms with E-state index in [4.69, 9.17) is 4.74 Å². The predicted molar refractivity (Wildman–Crippen MR) is 79.9 cm³/mol. The van der Waals surface area contributed by atoms with Crippen molar-refractivity contribution in [3.8, 4) is 0 Å². The minimum atomic E-state index is -0.0338. The molecule has 0 radical (unpaired) electrons. The van der Waals surface area contributed by atoms with Gasteiger partial charge in [0.2, 0.25) is 5.91 Å².